The average Bonchev–Trinajstić information content (AvgIpc) is 2.99. The molecular formula is C17H18F3NO2. The summed E-state index contributed by atoms with van der Waals surface area (Å²) in [6.07, 6.45) is -2.70. The summed E-state index contributed by atoms with van der Waals surface area (Å²) < 4.78 is 38.3. The molecule has 6 heteroatoms. The predicted molar refractivity (Wildman–Crippen MR) is 78.6 cm³/mol. The molecule has 1 aromatic rings. The molecule has 3 rings (SSSR count). The van der Waals surface area contributed by atoms with Crippen LogP contribution in [0.2, 0.25) is 0 Å². The normalized spacial score (nSPS) is 28.9. The molecule has 2 aliphatic carbocycles. The quantitative estimate of drug-likeness (QED) is 0.834. The van der Waals surface area contributed by atoms with E-state index in [4.69, 9.17) is 0 Å². The summed E-state index contributed by atoms with van der Waals surface area (Å²) in [5.74, 6) is -0.400. The van der Waals surface area contributed by atoms with Crippen molar-refractivity contribution in [1.82, 2.24) is 0 Å². The molecule has 0 heterocycles. The molecule has 23 heavy (non-hydrogen) atoms. The monoisotopic (exact) mass is 325 g/mol. The fourth-order valence-electron chi connectivity index (χ4n) is 4.00. The van der Waals surface area contributed by atoms with Crippen LogP contribution in [0.3, 0.4) is 0 Å². The van der Waals surface area contributed by atoms with E-state index in [1.807, 2.05) is 13.8 Å². The Morgan fingerprint density at radius 1 is 1.30 bits per heavy atom. The number of rotatable bonds is 2. The molecule has 0 saturated heterocycles. The zero-order chi connectivity index (χ0) is 17.0. The molecule has 2 fully saturated rings. The highest BCUT2D eigenvalue weighted by molar-refractivity contribution is 6.15. The summed E-state index contributed by atoms with van der Waals surface area (Å²) >= 11 is 0. The fraction of sp³-hybridized carbons (Fsp3) is 0.529. The van der Waals surface area contributed by atoms with Crippen LogP contribution in [0.25, 0.3) is 0 Å². The maximum Gasteiger partial charge on any atom is 0.416 e. The molecule has 0 unspecified atom stereocenters. The van der Waals surface area contributed by atoms with Gasteiger partial charge in [-0.15, -0.1) is 0 Å². The van der Waals surface area contributed by atoms with Crippen molar-refractivity contribution in [3.63, 3.8) is 0 Å². The van der Waals surface area contributed by atoms with Crippen LogP contribution in [0, 0.1) is 16.7 Å². The Balaban J connectivity index is 1.85. The summed E-state index contributed by atoms with van der Waals surface area (Å²) in [5, 5.41) is 2.52. The van der Waals surface area contributed by atoms with Crippen molar-refractivity contribution in [2.24, 2.45) is 16.7 Å². The number of carbonyl (C=O) groups excluding carboxylic acids is 2. The SMILES string of the molecule is CC1(C)C(=O)[C@]2(C(=O)Nc3cccc(C(F)(F)F)c3)CC[C@H]1C2. The first-order valence-electron chi connectivity index (χ1n) is 7.61. The number of fused-ring (bicyclic) bond motifs is 2. The van der Waals surface area contributed by atoms with Gasteiger partial charge in [0.1, 0.15) is 5.41 Å². The summed E-state index contributed by atoms with van der Waals surface area (Å²) in [6, 6.07) is 4.49. The lowest BCUT2D eigenvalue weighted by Crippen LogP contribution is -2.44. The van der Waals surface area contributed by atoms with E-state index in [1.54, 1.807) is 0 Å². The smallest absolute Gasteiger partial charge is 0.325 e. The van der Waals surface area contributed by atoms with Gasteiger partial charge >= 0.3 is 6.18 Å². The lowest BCUT2D eigenvalue weighted by atomic mass is 9.70. The highest BCUT2D eigenvalue weighted by Crippen LogP contribution is 2.60. The first-order valence-corrected chi connectivity index (χ1v) is 7.61. The number of carbonyl (C=O) groups is 2. The van der Waals surface area contributed by atoms with Gasteiger partial charge < -0.3 is 5.32 Å². The van der Waals surface area contributed by atoms with Crippen LogP contribution in [0.4, 0.5) is 18.9 Å². The zero-order valence-electron chi connectivity index (χ0n) is 13.0. The van der Waals surface area contributed by atoms with Crippen LogP contribution in [0.1, 0.15) is 38.7 Å². The Labute approximate surface area is 132 Å². The summed E-state index contributed by atoms with van der Waals surface area (Å²) in [4.78, 5) is 25.3. The first kappa shape index (κ1) is 16.0. The minimum Gasteiger partial charge on any atom is -0.325 e. The molecule has 0 aliphatic heterocycles. The van der Waals surface area contributed by atoms with Gasteiger partial charge in [-0.3, -0.25) is 9.59 Å². The van der Waals surface area contributed by atoms with Crippen molar-refractivity contribution in [1.29, 1.82) is 0 Å². The van der Waals surface area contributed by atoms with E-state index in [9.17, 15) is 22.8 Å². The number of amides is 1. The number of benzene rings is 1. The van der Waals surface area contributed by atoms with Gasteiger partial charge in [0.25, 0.3) is 0 Å². The topological polar surface area (TPSA) is 46.2 Å². The molecule has 124 valence electrons. The highest BCUT2D eigenvalue weighted by Gasteiger charge is 2.65. The Bertz CT molecular complexity index is 681. The Morgan fingerprint density at radius 3 is 2.57 bits per heavy atom. The van der Waals surface area contributed by atoms with Gasteiger partial charge in [-0.25, -0.2) is 0 Å². The number of anilines is 1. The Kier molecular flexibility index (Phi) is 3.36. The zero-order valence-corrected chi connectivity index (χ0v) is 13.0. The number of alkyl halides is 3. The molecule has 2 bridgehead atoms. The lowest BCUT2D eigenvalue weighted by Gasteiger charge is -2.32. The summed E-state index contributed by atoms with van der Waals surface area (Å²) in [7, 11) is 0. The second-order valence-corrected chi connectivity index (χ2v) is 7.11. The number of ketones is 1. The fourth-order valence-corrected chi connectivity index (χ4v) is 4.00. The summed E-state index contributed by atoms with van der Waals surface area (Å²) in [5.41, 5.74) is -2.37. The lowest BCUT2D eigenvalue weighted by molar-refractivity contribution is -0.143. The minimum absolute atomic E-state index is 0.0696. The highest BCUT2D eigenvalue weighted by atomic mass is 19.4. The molecule has 0 radical (unpaired) electrons. The Hall–Kier alpha value is -1.85. The molecule has 2 atom stereocenters. The standard InChI is InChI=1S/C17H18F3NO2/c1-15(2)11-6-7-16(9-11,13(15)22)14(23)21-12-5-3-4-10(8-12)17(18,19)20/h3-5,8,11H,6-7,9H2,1-2H3,(H,21,23)/t11-,16-/m0/s1. The second-order valence-electron chi connectivity index (χ2n) is 7.11. The largest absolute Gasteiger partial charge is 0.416 e. The maximum atomic E-state index is 12.8. The first-order chi connectivity index (χ1) is 10.6. The molecule has 2 saturated carbocycles. The van der Waals surface area contributed by atoms with Gasteiger partial charge in [0, 0.05) is 11.1 Å². The number of nitrogens with one attached hydrogen (secondary N) is 1. The van der Waals surface area contributed by atoms with Crippen molar-refractivity contribution in [2.45, 2.75) is 39.3 Å². The third kappa shape index (κ3) is 2.35. The van der Waals surface area contributed by atoms with Gasteiger partial charge in [0.05, 0.1) is 5.56 Å². The van der Waals surface area contributed by atoms with Crippen LogP contribution < -0.4 is 5.32 Å². The van der Waals surface area contributed by atoms with E-state index in [2.05, 4.69) is 5.32 Å². The van der Waals surface area contributed by atoms with E-state index in [0.29, 0.717) is 12.8 Å². The van der Waals surface area contributed by atoms with Crippen molar-refractivity contribution in [3.8, 4) is 0 Å². The van der Waals surface area contributed by atoms with E-state index in [0.717, 1.165) is 18.6 Å². The summed E-state index contributed by atoms with van der Waals surface area (Å²) in [6.45, 7) is 3.69. The second kappa shape index (κ2) is 4.82. The average molecular weight is 325 g/mol. The number of halogens is 3. The molecular weight excluding hydrogens is 307 g/mol. The van der Waals surface area contributed by atoms with Crippen LogP contribution in [0.5, 0.6) is 0 Å². The van der Waals surface area contributed by atoms with Crippen LogP contribution in [-0.2, 0) is 15.8 Å². The molecule has 1 amide bonds. The van der Waals surface area contributed by atoms with Crippen molar-refractivity contribution < 1.29 is 22.8 Å². The van der Waals surface area contributed by atoms with Crippen LogP contribution in [-0.4, -0.2) is 11.7 Å². The maximum absolute atomic E-state index is 12.8. The van der Waals surface area contributed by atoms with E-state index in [1.165, 1.54) is 12.1 Å². The van der Waals surface area contributed by atoms with Crippen molar-refractivity contribution in [3.05, 3.63) is 29.8 Å². The van der Waals surface area contributed by atoms with Gasteiger partial charge in [-0.2, -0.15) is 13.2 Å². The third-order valence-electron chi connectivity index (χ3n) is 5.44. The predicted octanol–water partition coefficient (Wildman–Crippen LogP) is 4.04. The van der Waals surface area contributed by atoms with Crippen LogP contribution >= 0.6 is 0 Å². The van der Waals surface area contributed by atoms with Crippen molar-refractivity contribution >= 4 is 17.4 Å². The van der Waals surface area contributed by atoms with Gasteiger partial charge in [-0.1, -0.05) is 19.9 Å². The van der Waals surface area contributed by atoms with Crippen LogP contribution in [0.15, 0.2) is 24.3 Å². The van der Waals surface area contributed by atoms with E-state index >= 15 is 0 Å². The van der Waals surface area contributed by atoms with Gasteiger partial charge in [-0.05, 0) is 43.4 Å². The minimum atomic E-state index is -4.47. The molecule has 1 N–H and O–H groups in total. The van der Waals surface area contributed by atoms with E-state index < -0.39 is 28.5 Å². The number of Topliss-reactive ketones (excluding diaryl/α,β-unsaturated/α-hetero) is 1. The third-order valence-corrected chi connectivity index (χ3v) is 5.44. The Morgan fingerprint density at radius 2 is 2.00 bits per heavy atom. The van der Waals surface area contributed by atoms with Gasteiger partial charge in [0.2, 0.25) is 5.91 Å². The number of hydrogen-bond donors (Lipinski definition) is 1. The molecule has 0 aromatic heterocycles. The molecule has 0 spiro atoms. The van der Waals surface area contributed by atoms with Crippen molar-refractivity contribution in [2.75, 3.05) is 5.32 Å². The number of hydrogen-bond acceptors (Lipinski definition) is 2. The van der Waals surface area contributed by atoms with E-state index in [-0.39, 0.29) is 17.4 Å². The molecule has 2 aliphatic rings. The molecule has 3 nitrogen and oxygen atoms in total. The van der Waals surface area contributed by atoms with Gasteiger partial charge in [0.15, 0.2) is 5.78 Å². The molecule has 1 aromatic carbocycles.